The minimum absolute atomic E-state index is 0.104. The summed E-state index contributed by atoms with van der Waals surface area (Å²) in [5.74, 6) is -0.177. The zero-order valence-corrected chi connectivity index (χ0v) is 11.0. The van der Waals surface area contributed by atoms with Gasteiger partial charge in [0.15, 0.2) is 0 Å². The van der Waals surface area contributed by atoms with Crippen molar-refractivity contribution in [1.82, 2.24) is 9.78 Å². The lowest BCUT2D eigenvalue weighted by molar-refractivity contribution is 0.0728. The fourth-order valence-corrected chi connectivity index (χ4v) is 1.92. The van der Waals surface area contributed by atoms with Gasteiger partial charge >= 0.3 is 5.97 Å². The average Bonchev–Trinajstić information content (AvgIpc) is 2.91. The zero-order chi connectivity index (χ0) is 14.7. The van der Waals surface area contributed by atoms with Gasteiger partial charge in [-0.25, -0.2) is 9.48 Å². The second kappa shape index (κ2) is 5.50. The molecule has 1 heterocycles. The van der Waals surface area contributed by atoms with E-state index in [2.05, 4.69) is 5.10 Å². The molecule has 0 atom stereocenters. The first-order valence-electron chi connectivity index (χ1n) is 6.39. The van der Waals surface area contributed by atoms with E-state index in [1.165, 1.54) is 10.7 Å². The minimum atomic E-state index is -0.604. The summed E-state index contributed by atoms with van der Waals surface area (Å²) < 4.78 is 6.48. The van der Waals surface area contributed by atoms with Gasteiger partial charge in [-0.3, -0.25) is 9.89 Å². The van der Waals surface area contributed by atoms with E-state index in [9.17, 15) is 9.59 Å². The third kappa shape index (κ3) is 2.76. The number of para-hydroxylation sites is 2. The molecule has 0 radical (unpaired) electrons. The molecule has 0 unspecified atom stereocenters. The van der Waals surface area contributed by atoms with Crippen LogP contribution in [0, 0.1) is 0 Å². The summed E-state index contributed by atoms with van der Waals surface area (Å²) in [5, 5.41) is 2.75. The van der Waals surface area contributed by atoms with Crippen LogP contribution in [0.15, 0.2) is 71.5 Å². The van der Waals surface area contributed by atoms with E-state index in [0.717, 1.165) is 0 Å². The van der Waals surface area contributed by atoms with Crippen LogP contribution in [0.4, 0.5) is 0 Å². The Morgan fingerprint density at radius 2 is 1.57 bits per heavy atom. The van der Waals surface area contributed by atoms with Gasteiger partial charge in [0.05, 0.1) is 5.69 Å². The average molecular weight is 280 g/mol. The maximum atomic E-state index is 12.0. The molecule has 104 valence electrons. The second-order valence-corrected chi connectivity index (χ2v) is 4.38. The minimum Gasteiger partial charge on any atom is -0.422 e. The van der Waals surface area contributed by atoms with Crippen molar-refractivity contribution < 1.29 is 9.53 Å². The van der Waals surface area contributed by atoms with Crippen molar-refractivity contribution in [3.63, 3.8) is 0 Å². The summed E-state index contributed by atoms with van der Waals surface area (Å²) in [7, 11) is 0. The Balaban J connectivity index is 1.87. The van der Waals surface area contributed by atoms with Crippen LogP contribution in [-0.4, -0.2) is 15.7 Å². The highest BCUT2D eigenvalue weighted by atomic mass is 16.5. The number of H-pyrrole nitrogens is 1. The predicted molar refractivity (Wildman–Crippen MR) is 77.8 cm³/mol. The number of aromatic amines is 1. The molecule has 1 aromatic heterocycles. The molecular formula is C16H12N2O3. The van der Waals surface area contributed by atoms with Gasteiger partial charge in [-0.2, -0.15) is 0 Å². The lowest BCUT2D eigenvalue weighted by Crippen LogP contribution is -2.13. The van der Waals surface area contributed by atoms with Crippen LogP contribution in [0.5, 0.6) is 5.75 Å². The summed E-state index contributed by atoms with van der Waals surface area (Å²) >= 11 is 0. The van der Waals surface area contributed by atoms with Crippen molar-refractivity contribution in [3.05, 3.63) is 82.8 Å². The smallest absolute Gasteiger partial charge is 0.361 e. The molecule has 5 nitrogen and oxygen atoms in total. The number of hydrogen-bond donors (Lipinski definition) is 1. The number of rotatable bonds is 3. The molecular weight excluding hydrogens is 268 g/mol. The Morgan fingerprint density at radius 3 is 2.24 bits per heavy atom. The van der Waals surface area contributed by atoms with Gasteiger partial charge in [0.25, 0.3) is 5.56 Å². The van der Waals surface area contributed by atoms with E-state index >= 15 is 0 Å². The Hall–Kier alpha value is -3.08. The molecule has 0 aliphatic carbocycles. The molecule has 5 heteroatoms. The van der Waals surface area contributed by atoms with E-state index in [1.54, 1.807) is 36.4 Å². The van der Waals surface area contributed by atoms with Crippen molar-refractivity contribution in [2.75, 3.05) is 0 Å². The fourth-order valence-electron chi connectivity index (χ4n) is 1.92. The van der Waals surface area contributed by atoms with Crippen molar-refractivity contribution in [2.24, 2.45) is 0 Å². The van der Waals surface area contributed by atoms with E-state index in [1.807, 2.05) is 24.3 Å². The topological polar surface area (TPSA) is 64.1 Å². The van der Waals surface area contributed by atoms with Crippen LogP contribution in [0.1, 0.15) is 10.5 Å². The molecule has 21 heavy (non-hydrogen) atoms. The number of benzene rings is 2. The first-order chi connectivity index (χ1) is 10.2. The largest absolute Gasteiger partial charge is 0.422 e. The number of ether oxygens (including phenoxy) is 1. The highest BCUT2D eigenvalue weighted by Crippen LogP contribution is 2.11. The SMILES string of the molecule is O=C(Oc1ccccc1)c1cc(=O)n(-c2ccccc2)[nH]1. The molecule has 0 aliphatic rings. The molecule has 0 saturated carbocycles. The van der Waals surface area contributed by atoms with E-state index in [0.29, 0.717) is 11.4 Å². The fraction of sp³-hybridized carbons (Fsp3) is 0. The Bertz CT molecular complexity index is 804. The molecule has 0 fully saturated rings. The van der Waals surface area contributed by atoms with Crippen LogP contribution in [0.2, 0.25) is 0 Å². The number of nitrogens with one attached hydrogen (secondary N) is 1. The summed E-state index contributed by atoms with van der Waals surface area (Å²) in [6.07, 6.45) is 0. The third-order valence-corrected chi connectivity index (χ3v) is 2.91. The van der Waals surface area contributed by atoms with Gasteiger partial charge in [-0.1, -0.05) is 36.4 Å². The van der Waals surface area contributed by atoms with Gasteiger partial charge in [0, 0.05) is 6.07 Å². The molecule has 2 aromatic carbocycles. The van der Waals surface area contributed by atoms with E-state index < -0.39 is 5.97 Å². The quantitative estimate of drug-likeness (QED) is 0.592. The number of aromatic nitrogens is 2. The van der Waals surface area contributed by atoms with Crippen LogP contribution in [-0.2, 0) is 0 Å². The van der Waals surface area contributed by atoms with Crippen LogP contribution in [0.25, 0.3) is 5.69 Å². The second-order valence-electron chi connectivity index (χ2n) is 4.38. The summed E-state index contributed by atoms with van der Waals surface area (Å²) in [6.45, 7) is 0. The molecule has 0 bridgehead atoms. The molecule has 0 spiro atoms. The number of nitrogens with zero attached hydrogens (tertiary/aromatic N) is 1. The van der Waals surface area contributed by atoms with Crippen LogP contribution < -0.4 is 10.3 Å². The van der Waals surface area contributed by atoms with Crippen molar-refractivity contribution in [2.45, 2.75) is 0 Å². The summed E-state index contributed by atoms with van der Waals surface area (Å²) in [4.78, 5) is 23.9. The van der Waals surface area contributed by atoms with E-state index in [4.69, 9.17) is 4.74 Å². The maximum Gasteiger partial charge on any atom is 0.361 e. The highest BCUT2D eigenvalue weighted by molar-refractivity contribution is 5.88. The first-order valence-corrected chi connectivity index (χ1v) is 6.39. The summed E-state index contributed by atoms with van der Waals surface area (Å²) in [5.41, 5.74) is 0.440. The maximum absolute atomic E-state index is 12.0. The lowest BCUT2D eigenvalue weighted by Gasteiger charge is -2.03. The Kier molecular flexibility index (Phi) is 3.39. The van der Waals surface area contributed by atoms with Crippen molar-refractivity contribution >= 4 is 5.97 Å². The molecule has 0 amide bonds. The molecule has 3 aromatic rings. The number of carbonyl (C=O) groups is 1. The summed E-state index contributed by atoms with van der Waals surface area (Å²) in [6, 6.07) is 18.9. The Labute approximate surface area is 120 Å². The van der Waals surface area contributed by atoms with Crippen molar-refractivity contribution in [3.8, 4) is 11.4 Å². The van der Waals surface area contributed by atoms with Gasteiger partial charge in [-0.15, -0.1) is 0 Å². The first kappa shape index (κ1) is 12.9. The molecule has 3 rings (SSSR count). The van der Waals surface area contributed by atoms with Gasteiger partial charge in [-0.05, 0) is 24.3 Å². The standard InChI is InChI=1S/C16H12N2O3/c19-15-11-14(16(20)21-13-9-5-2-6-10-13)17-18(15)12-7-3-1-4-8-12/h1-11,17H. The zero-order valence-electron chi connectivity index (χ0n) is 11.0. The number of esters is 1. The Morgan fingerprint density at radius 1 is 0.952 bits per heavy atom. The molecule has 1 N–H and O–H groups in total. The van der Waals surface area contributed by atoms with Crippen molar-refractivity contribution in [1.29, 1.82) is 0 Å². The molecule has 0 aliphatic heterocycles. The molecule has 0 saturated heterocycles. The normalized spacial score (nSPS) is 10.3. The van der Waals surface area contributed by atoms with Crippen LogP contribution in [0.3, 0.4) is 0 Å². The predicted octanol–water partition coefficient (Wildman–Crippen LogP) is 2.38. The monoisotopic (exact) mass is 280 g/mol. The third-order valence-electron chi connectivity index (χ3n) is 2.91. The highest BCUT2D eigenvalue weighted by Gasteiger charge is 2.14. The van der Waals surface area contributed by atoms with Gasteiger partial charge in [0.1, 0.15) is 11.4 Å². The van der Waals surface area contributed by atoms with E-state index in [-0.39, 0.29) is 11.3 Å². The lowest BCUT2D eigenvalue weighted by atomic mass is 10.3. The van der Waals surface area contributed by atoms with Gasteiger partial charge in [0.2, 0.25) is 0 Å². The van der Waals surface area contributed by atoms with Crippen LogP contribution >= 0.6 is 0 Å². The number of carbonyl (C=O) groups excluding carboxylic acids is 1. The van der Waals surface area contributed by atoms with Gasteiger partial charge < -0.3 is 4.74 Å². The number of hydrogen-bond acceptors (Lipinski definition) is 3.